The summed E-state index contributed by atoms with van der Waals surface area (Å²) in [4.78, 5) is 0. The van der Waals surface area contributed by atoms with E-state index in [1.54, 1.807) is 4.68 Å². The van der Waals surface area contributed by atoms with Gasteiger partial charge in [-0.3, -0.25) is 4.68 Å². The SMILES string of the molecule is Cc1nn(C)c(Cl)c1CNc1ccc(Br)c(Cl)c1Cl. The molecule has 0 saturated carbocycles. The minimum absolute atomic E-state index is 0.480. The lowest BCUT2D eigenvalue weighted by Crippen LogP contribution is -2.01. The molecule has 0 atom stereocenters. The minimum Gasteiger partial charge on any atom is -0.380 e. The molecule has 0 fully saturated rings. The molecule has 19 heavy (non-hydrogen) atoms. The molecule has 2 rings (SSSR count). The Morgan fingerprint density at radius 2 is 1.95 bits per heavy atom. The minimum atomic E-state index is 0.480. The third kappa shape index (κ3) is 3.02. The van der Waals surface area contributed by atoms with E-state index >= 15 is 0 Å². The van der Waals surface area contributed by atoms with E-state index in [0.29, 0.717) is 21.7 Å². The normalized spacial score (nSPS) is 10.8. The molecule has 1 aromatic heterocycles. The van der Waals surface area contributed by atoms with Gasteiger partial charge in [-0.05, 0) is 35.0 Å². The zero-order chi connectivity index (χ0) is 14.2. The molecular formula is C12H11BrCl3N3. The molecule has 0 aliphatic heterocycles. The molecule has 0 bridgehead atoms. The van der Waals surface area contributed by atoms with E-state index in [1.165, 1.54) is 0 Å². The summed E-state index contributed by atoms with van der Waals surface area (Å²) in [6.45, 7) is 2.45. The number of nitrogens with one attached hydrogen (secondary N) is 1. The van der Waals surface area contributed by atoms with Gasteiger partial charge in [-0.1, -0.05) is 34.8 Å². The number of aromatic nitrogens is 2. The number of rotatable bonds is 3. The van der Waals surface area contributed by atoms with Crippen LogP contribution in [0.1, 0.15) is 11.3 Å². The van der Waals surface area contributed by atoms with Crippen molar-refractivity contribution in [2.45, 2.75) is 13.5 Å². The molecule has 1 N–H and O–H groups in total. The molecule has 0 unspecified atom stereocenters. The van der Waals surface area contributed by atoms with Crippen molar-refractivity contribution in [2.75, 3.05) is 5.32 Å². The maximum atomic E-state index is 6.17. The predicted molar refractivity (Wildman–Crippen MR) is 84.4 cm³/mol. The van der Waals surface area contributed by atoms with Crippen LogP contribution in [0.25, 0.3) is 0 Å². The lowest BCUT2D eigenvalue weighted by Gasteiger charge is -2.10. The quantitative estimate of drug-likeness (QED) is 0.751. The van der Waals surface area contributed by atoms with Crippen molar-refractivity contribution in [2.24, 2.45) is 7.05 Å². The highest BCUT2D eigenvalue weighted by Gasteiger charge is 2.13. The van der Waals surface area contributed by atoms with Crippen LogP contribution in [-0.2, 0) is 13.6 Å². The van der Waals surface area contributed by atoms with Crippen LogP contribution >= 0.6 is 50.7 Å². The molecule has 2 aromatic rings. The number of anilines is 1. The molecule has 0 radical (unpaired) electrons. The Kier molecular flexibility index (Phi) is 4.66. The van der Waals surface area contributed by atoms with E-state index in [-0.39, 0.29) is 0 Å². The first kappa shape index (κ1) is 15.0. The van der Waals surface area contributed by atoms with Crippen molar-refractivity contribution in [1.82, 2.24) is 9.78 Å². The molecular weight excluding hydrogens is 372 g/mol. The van der Waals surface area contributed by atoms with E-state index in [2.05, 4.69) is 26.3 Å². The maximum Gasteiger partial charge on any atom is 0.131 e. The van der Waals surface area contributed by atoms with Crippen LogP contribution in [0.4, 0.5) is 5.69 Å². The van der Waals surface area contributed by atoms with E-state index < -0.39 is 0 Å². The highest BCUT2D eigenvalue weighted by molar-refractivity contribution is 9.10. The summed E-state index contributed by atoms with van der Waals surface area (Å²) in [6, 6.07) is 3.70. The van der Waals surface area contributed by atoms with Crippen molar-refractivity contribution in [3.63, 3.8) is 0 Å². The van der Waals surface area contributed by atoms with Gasteiger partial charge in [0.2, 0.25) is 0 Å². The topological polar surface area (TPSA) is 29.9 Å². The summed E-state index contributed by atoms with van der Waals surface area (Å²) in [5, 5.41) is 9.05. The van der Waals surface area contributed by atoms with Gasteiger partial charge < -0.3 is 5.32 Å². The molecule has 0 aliphatic carbocycles. The Hall–Kier alpha value is -0.420. The van der Waals surface area contributed by atoms with Gasteiger partial charge in [-0.25, -0.2) is 0 Å². The Balaban J connectivity index is 2.22. The highest BCUT2D eigenvalue weighted by Crippen LogP contribution is 2.36. The van der Waals surface area contributed by atoms with E-state index in [9.17, 15) is 0 Å². The Bertz CT molecular complexity index is 625. The molecule has 0 spiro atoms. The Morgan fingerprint density at radius 1 is 1.26 bits per heavy atom. The molecule has 1 aromatic carbocycles. The third-order valence-corrected chi connectivity index (χ3v) is 5.00. The second-order valence-corrected chi connectivity index (χ2v) is 6.02. The van der Waals surface area contributed by atoms with Gasteiger partial charge in [0.15, 0.2) is 0 Å². The van der Waals surface area contributed by atoms with Crippen molar-refractivity contribution >= 4 is 56.4 Å². The molecule has 0 aliphatic rings. The van der Waals surface area contributed by atoms with Crippen LogP contribution in [0, 0.1) is 6.92 Å². The summed E-state index contributed by atoms with van der Waals surface area (Å²) in [7, 11) is 1.81. The predicted octanol–water partition coefficient (Wildman–Crippen LogP) is 5.06. The largest absolute Gasteiger partial charge is 0.380 e. The standard InChI is InChI=1S/C12H11BrCl3N3/c1-6-7(12(16)19(2)18-6)5-17-9-4-3-8(13)10(14)11(9)15/h3-4,17H,5H2,1-2H3. The second-order valence-electron chi connectivity index (χ2n) is 4.05. The van der Waals surface area contributed by atoms with Gasteiger partial charge in [0.25, 0.3) is 0 Å². The second kappa shape index (κ2) is 5.92. The highest BCUT2D eigenvalue weighted by atomic mass is 79.9. The average molecular weight is 384 g/mol. The summed E-state index contributed by atoms with van der Waals surface area (Å²) >= 11 is 21.7. The van der Waals surface area contributed by atoms with Crippen LogP contribution in [-0.4, -0.2) is 9.78 Å². The molecule has 0 amide bonds. The third-order valence-electron chi connectivity index (χ3n) is 2.76. The summed E-state index contributed by atoms with van der Waals surface area (Å²) in [6.07, 6.45) is 0. The van der Waals surface area contributed by atoms with Gasteiger partial charge in [-0.2, -0.15) is 5.10 Å². The Labute approximate surface area is 135 Å². The number of benzene rings is 1. The van der Waals surface area contributed by atoms with Crippen LogP contribution in [0.2, 0.25) is 15.2 Å². The van der Waals surface area contributed by atoms with Gasteiger partial charge in [-0.15, -0.1) is 0 Å². The van der Waals surface area contributed by atoms with Gasteiger partial charge in [0.05, 0.1) is 21.4 Å². The van der Waals surface area contributed by atoms with Crippen molar-refractivity contribution in [3.8, 4) is 0 Å². The van der Waals surface area contributed by atoms with E-state index in [1.807, 2.05) is 26.1 Å². The zero-order valence-corrected chi connectivity index (χ0v) is 14.1. The van der Waals surface area contributed by atoms with Crippen LogP contribution < -0.4 is 5.32 Å². The van der Waals surface area contributed by atoms with Crippen molar-refractivity contribution in [3.05, 3.63) is 43.1 Å². The van der Waals surface area contributed by atoms with Crippen molar-refractivity contribution < 1.29 is 0 Å². The fraction of sp³-hybridized carbons (Fsp3) is 0.250. The summed E-state index contributed by atoms with van der Waals surface area (Å²) in [5.41, 5.74) is 2.59. The van der Waals surface area contributed by atoms with Crippen LogP contribution in [0.15, 0.2) is 16.6 Å². The molecule has 1 heterocycles. The fourth-order valence-corrected chi connectivity index (χ4v) is 2.80. The van der Waals surface area contributed by atoms with Gasteiger partial charge in [0.1, 0.15) is 5.15 Å². The van der Waals surface area contributed by atoms with E-state index in [4.69, 9.17) is 34.8 Å². The van der Waals surface area contributed by atoms with E-state index in [0.717, 1.165) is 21.4 Å². The molecule has 0 saturated heterocycles. The average Bonchev–Trinajstić information content (AvgIpc) is 2.61. The first-order valence-electron chi connectivity index (χ1n) is 5.47. The molecule has 3 nitrogen and oxygen atoms in total. The lowest BCUT2D eigenvalue weighted by molar-refractivity contribution is 0.757. The first-order chi connectivity index (χ1) is 8.91. The first-order valence-corrected chi connectivity index (χ1v) is 7.40. The van der Waals surface area contributed by atoms with Crippen LogP contribution in [0.3, 0.4) is 0 Å². The monoisotopic (exact) mass is 381 g/mol. The van der Waals surface area contributed by atoms with Crippen LogP contribution in [0.5, 0.6) is 0 Å². The van der Waals surface area contributed by atoms with Crippen molar-refractivity contribution in [1.29, 1.82) is 0 Å². The Morgan fingerprint density at radius 3 is 2.53 bits per heavy atom. The number of halogens is 4. The zero-order valence-electron chi connectivity index (χ0n) is 10.3. The summed E-state index contributed by atoms with van der Waals surface area (Å²) < 4.78 is 2.41. The molecule has 7 heteroatoms. The maximum absolute atomic E-state index is 6.17. The number of aryl methyl sites for hydroxylation is 2. The fourth-order valence-electron chi connectivity index (χ4n) is 1.72. The number of hydrogen-bond donors (Lipinski definition) is 1. The summed E-state index contributed by atoms with van der Waals surface area (Å²) in [5.74, 6) is 0. The lowest BCUT2D eigenvalue weighted by atomic mass is 10.2. The van der Waals surface area contributed by atoms with Gasteiger partial charge in [0, 0.05) is 23.6 Å². The number of hydrogen-bond acceptors (Lipinski definition) is 2. The number of nitrogens with zero attached hydrogens (tertiary/aromatic N) is 2. The van der Waals surface area contributed by atoms with Gasteiger partial charge >= 0.3 is 0 Å². The smallest absolute Gasteiger partial charge is 0.131 e. The molecule has 102 valence electrons.